The number of benzene rings is 3. The van der Waals surface area contributed by atoms with E-state index in [2.05, 4.69) is 137 Å². The van der Waals surface area contributed by atoms with E-state index in [0.29, 0.717) is 0 Å². The van der Waals surface area contributed by atoms with Crippen molar-refractivity contribution in [3.05, 3.63) is 107 Å². The summed E-state index contributed by atoms with van der Waals surface area (Å²) in [5.74, 6) is 3.62. The van der Waals surface area contributed by atoms with Crippen LogP contribution in [0.5, 0.6) is 0 Å². The molecule has 1 atom stereocenters. The zero-order chi connectivity index (χ0) is 36.1. The highest BCUT2D eigenvalue weighted by Crippen LogP contribution is 2.26. The summed E-state index contributed by atoms with van der Waals surface area (Å²) in [7, 11) is 0. The van der Waals surface area contributed by atoms with Crippen LogP contribution >= 0.6 is 0 Å². The minimum Gasteiger partial charge on any atom is -0.115 e. The maximum absolute atomic E-state index is 5.37. The fourth-order valence-corrected chi connectivity index (χ4v) is 4.27. The van der Waals surface area contributed by atoms with Gasteiger partial charge in [0.15, 0.2) is 0 Å². The Hall–Kier alpha value is -3.04. The van der Waals surface area contributed by atoms with Crippen molar-refractivity contribution in [1.82, 2.24) is 0 Å². The number of hydrogen-bond donors (Lipinski definition) is 0. The quantitative estimate of drug-likeness (QED) is 0.171. The second-order valence-electron chi connectivity index (χ2n) is 13.4. The lowest BCUT2D eigenvalue weighted by Gasteiger charge is -2.22. The van der Waals surface area contributed by atoms with Gasteiger partial charge in [0.1, 0.15) is 0 Å². The maximum atomic E-state index is 5.37. The lowest BCUT2D eigenvalue weighted by Crippen LogP contribution is -2.13. The summed E-state index contributed by atoms with van der Waals surface area (Å²) in [6.45, 7) is 35.9. The number of rotatable bonds is 7. The van der Waals surface area contributed by atoms with Crippen molar-refractivity contribution in [2.24, 2.45) is 5.92 Å². The molecule has 50 heavy (non-hydrogen) atoms. The molecule has 0 fully saturated rings. The summed E-state index contributed by atoms with van der Waals surface area (Å²) in [4.78, 5) is 0. The Morgan fingerprint density at radius 1 is 0.680 bits per heavy atom. The molecule has 3 aromatic carbocycles. The first-order chi connectivity index (χ1) is 21.7. The number of unbranched alkanes of at least 4 members (excludes halogenated alkanes) is 2. The third-order valence-corrected chi connectivity index (χ3v) is 6.95. The Labute approximate surface area is 319 Å². The highest BCUT2D eigenvalue weighted by atomic mass is 14.2. The summed E-state index contributed by atoms with van der Waals surface area (Å²) in [5, 5.41) is 0. The summed E-state index contributed by atoms with van der Waals surface area (Å²) in [6, 6.07) is 23.2. The molecule has 0 aromatic heterocycles. The Morgan fingerprint density at radius 3 is 1.54 bits per heavy atom. The van der Waals surface area contributed by atoms with Crippen LogP contribution in [0.25, 0.3) is 11.1 Å². The maximum Gasteiger partial charge on any atom is 0.0248 e. The molecule has 0 saturated heterocycles. The van der Waals surface area contributed by atoms with Crippen LogP contribution in [0.1, 0.15) is 186 Å². The Morgan fingerprint density at radius 2 is 1.16 bits per heavy atom. The van der Waals surface area contributed by atoms with Gasteiger partial charge < -0.3 is 0 Å². The van der Waals surface area contributed by atoms with Crippen molar-refractivity contribution in [2.75, 3.05) is 0 Å². The molecule has 3 rings (SSSR count). The van der Waals surface area contributed by atoms with Crippen molar-refractivity contribution in [3.63, 3.8) is 0 Å². The van der Waals surface area contributed by atoms with Crippen molar-refractivity contribution in [1.29, 1.82) is 0 Å². The SMILES string of the molecule is C.C.C.C.C#Cc1cccc(-c2ccc(C)cc2)c1.C=C(C)C.CC.CCCC.CCCCC(C)CCC.Cc1ccc(C)c(C(C)(C)C)c1. The fraction of sp³-hybridized carbons (Fsp3) is 0.560. The Balaban J connectivity index is -0.0000000963. The minimum atomic E-state index is 0. The number of allylic oxidation sites excluding steroid dienone is 1. The van der Waals surface area contributed by atoms with Gasteiger partial charge in [0, 0.05) is 5.56 Å². The summed E-state index contributed by atoms with van der Waals surface area (Å²) >= 11 is 0. The lowest BCUT2D eigenvalue weighted by molar-refractivity contribution is 0.466. The van der Waals surface area contributed by atoms with Gasteiger partial charge in [-0.1, -0.05) is 221 Å². The van der Waals surface area contributed by atoms with Gasteiger partial charge in [-0.15, -0.1) is 13.0 Å². The van der Waals surface area contributed by atoms with E-state index in [1.54, 1.807) is 0 Å². The average Bonchev–Trinajstić information content (AvgIpc) is 3.02. The molecular weight excluding hydrogens is 601 g/mol. The molecule has 1 unspecified atom stereocenters. The molecule has 0 aliphatic carbocycles. The van der Waals surface area contributed by atoms with E-state index in [0.717, 1.165) is 11.5 Å². The first-order valence-corrected chi connectivity index (χ1v) is 18.0. The van der Waals surface area contributed by atoms with E-state index < -0.39 is 0 Å². The monoisotopic (exact) mass is 691 g/mol. The van der Waals surface area contributed by atoms with Crippen LogP contribution in [-0.2, 0) is 5.41 Å². The highest BCUT2D eigenvalue weighted by Gasteiger charge is 2.15. The van der Waals surface area contributed by atoms with Crippen LogP contribution in [0, 0.1) is 39.0 Å². The first-order valence-electron chi connectivity index (χ1n) is 18.0. The molecule has 3 aromatic rings. The molecule has 0 nitrogen and oxygen atoms in total. The lowest BCUT2D eigenvalue weighted by atomic mass is 9.83. The highest BCUT2D eigenvalue weighted by molar-refractivity contribution is 5.65. The van der Waals surface area contributed by atoms with Crippen LogP contribution in [0.4, 0.5) is 0 Å². The predicted octanol–water partition coefficient (Wildman–Crippen LogP) is 17.8. The molecule has 0 radical (unpaired) electrons. The molecule has 0 heterocycles. The van der Waals surface area contributed by atoms with Gasteiger partial charge in [-0.2, -0.15) is 0 Å². The Kier molecular flexibility index (Phi) is 48.2. The average molecular weight is 691 g/mol. The van der Waals surface area contributed by atoms with Crippen LogP contribution < -0.4 is 0 Å². The molecule has 0 N–H and O–H groups in total. The molecule has 0 spiro atoms. The second kappa shape index (κ2) is 38.8. The van der Waals surface area contributed by atoms with E-state index in [1.165, 1.54) is 83.9 Å². The van der Waals surface area contributed by atoms with Crippen molar-refractivity contribution in [3.8, 4) is 23.5 Å². The molecule has 0 aliphatic rings. The van der Waals surface area contributed by atoms with Crippen LogP contribution in [-0.4, -0.2) is 0 Å². The number of hydrogen-bond acceptors (Lipinski definition) is 0. The van der Waals surface area contributed by atoms with Gasteiger partial charge in [0.25, 0.3) is 0 Å². The van der Waals surface area contributed by atoms with E-state index in [-0.39, 0.29) is 35.1 Å². The van der Waals surface area contributed by atoms with Gasteiger partial charge in [0.2, 0.25) is 0 Å². The minimum absolute atomic E-state index is 0. The third-order valence-electron chi connectivity index (χ3n) is 6.95. The molecule has 0 bridgehead atoms. The van der Waals surface area contributed by atoms with E-state index in [1.807, 2.05) is 45.9 Å². The predicted molar refractivity (Wildman–Crippen MR) is 242 cm³/mol. The van der Waals surface area contributed by atoms with Gasteiger partial charge in [-0.3, -0.25) is 0 Å². The van der Waals surface area contributed by atoms with Crippen molar-refractivity contribution >= 4 is 0 Å². The Bertz CT molecular complexity index is 1170. The summed E-state index contributed by atoms with van der Waals surface area (Å²) < 4.78 is 0. The molecular formula is C50H90. The molecule has 290 valence electrons. The largest absolute Gasteiger partial charge is 0.115 e. The van der Waals surface area contributed by atoms with Crippen LogP contribution in [0.15, 0.2) is 78.9 Å². The zero-order valence-corrected chi connectivity index (χ0v) is 33.2. The number of aryl methyl sites for hydroxylation is 3. The van der Waals surface area contributed by atoms with Gasteiger partial charge in [0.05, 0.1) is 0 Å². The van der Waals surface area contributed by atoms with Crippen molar-refractivity contribution < 1.29 is 0 Å². The van der Waals surface area contributed by atoms with E-state index in [9.17, 15) is 0 Å². The molecule has 0 aliphatic heterocycles. The number of terminal acetylenes is 1. The molecule has 0 amide bonds. The summed E-state index contributed by atoms with van der Waals surface area (Å²) in [5.41, 5.74) is 10.2. The normalized spacial score (nSPS) is 9.40. The molecule has 0 heteroatoms. The summed E-state index contributed by atoms with van der Waals surface area (Å²) in [6.07, 6.45) is 15.0. The smallest absolute Gasteiger partial charge is 0.0248 e. The molecule has 0 saturated carbocycles. The van der Waals surface area contributed by atoms with Gasteiger partial charge in [-0.05, 0) is 80.3 Å². The topological polar surface area (TPSA) is 0 Å². The van der Waals surface area contributed by atoms with Crippen LogP contribution in [0.2, 0.25) is 0 Å². The second-order valence-corrected chi connectivity index (χ2v) is 13.4. The van der Waals surface area contributed by atoms with E-state index in [4.69, 9.17) is 6.42 Å². The first kappa shape index (κ1) is 62.1. The fourth-order valence-electron chi connectivity index (χ4n) is 4.27. The third kappa shape index (κ3) is 34.8. The zero-order valence-electron chi connectivity index (χ0n) is 33.2. The van der Waals surface area contributed by atoms with Crippen molar-refractivity contribution in [2.45, 2.75) is 184 Å². The van der Waals surface area contributed by atoms with Crippen LogP contribution in [0.3, 0.4) is 0 Å². The standard InChI is InChI=1S/C15H12.C12H18.C9H20.C4H8.C4H10.C2H6.4CH4/c1-3-13-5-4-6-15(11-13)14-9-7-12(2)8-10-14;1-9-6-7-10(2)11(8-9)12(3,4)5;1-4-6-8-9(3)7-5-2;1-4(2)3;1-3-4-2;1-2;;;;/h1,4-11H,2H3;6-8H,1-5H3;9H,4-8H2,1-3H3;1H2,2-3H3;3-4H2,1-2H3;1-2H3;4*1H4. The van der Waals surface area contributed by atoms with Gasteiger partial charge >= 0.3 is 0 Å². The van der Waals surface area contributed by atoms with E-state index >= 15 is 0 Å². The van der Waals surface area contributed by atoms with Gasteiger partial charge in [-0.25, -0.2) is 0 Å².